The number of likely N-dealkylation sites (tertiary alicyclic amines) is 1. The van der Waals surface area contributed by atoms with Crippen LogP contribution in [0.2, 0.25) is 5.02 Å². The third-order valence-electron chi connectivity index (χ3n) is 2.92. The fourth-order valence-electron chi connectivity index (χ4n) is 2.05. The van der Waals surface area contributed by atoms with Crippen molar-refractivity contribution in [2.75, 3.05) is 6.54 Å². The maximum absolute atomic E-state index is 11.0. The smallest absolute Gasteiger partial charge is 0.408 e. The molecule has 1 fully saturated rings. The van der Waals surface area contributed by atoms with Crippen LogP contribution in [0.25, 0.3) is 0 Å². The Morgan fingerprint density at radius 3 is 2.53 bits per heavy atom. The molecule has 0 spiro atoms. The van der Waals surface area contributed by atoms with E-state index in [9.17, 15) is 9.59 Å². The molecular weight excluding hydrogens is 290 g/mol. The largest absolute Gasteiger partial charge is 0.480 e. The number of thioether (sulfide) groups is 1. The molecule has 0 unspecified atom stereocenters. The Balaban J connectivity index is 2.10. The highest BCUT2D eigenvalue weighted by atomic mass is 35.5. The molecule has 0 aliphatic carbocycles. The molecule has 2 atom stereocenters. The van der Waals surface area contributed by atoms with E-state index in [2.05, 4.69) is 0 Å². The molecule has 2 N–H and O–H groups in total. The first-order valence-electron chi connectivity index (χ1n) is 5.62. The molecule has 102 valence electrons. The Hall–Kier alpha value is -1.40. The van der Waals surface area contributed by atoms with Gasteiger partial charge >= 0.3 is 12.1 Å². The lowest BCUT2D eigenvalue weighted by molar-refractivity contribution is -0.141. The minimum atomic E-state index is -1.20. The Morgan fingerprint density at radius 2 is 2.00 bits per heavy atom. The summed E-state index contributed by atoms with van der Waals surface area (Å²) in [6.45, 7) is 0.197. The van der Waals surface area contributed by atoms with Crippen molar-refractivity contribution >= 4 is 35.4 Å². The van der Waals surface area contributed by atoms with Crippen molar-refractivity contribution in [2.45, 2.75) is 22.6 Å². The van der Waals surface area contributed by atoms with E-state index in [4.69, 9.17) is 21.8 Å². The fraction of sp³-hybridized carbons (Fsp3) is 0.333. The molecule has 0 saturated carbocycles. The van der Waals surface area contributed by atoms with E-state index < -0.39 is 18.1 Å². The minimum absolute atomic E-state index is 0.0999. The van der Waals surface area contributed by atoms with Crippen LogP contribution in [0.4, 0.5) is 4.79 Å². The van der Waals surface area contributed by atoms with Crippen LogP contribution in [0.3, 0.4) is 0 Å². The molecule has 5 nitrogen and oxygen atoms in total. The van der Waals surface area contributed by atoms with E-state index in [1.54, 1.807) is 6.07 Å². The number of carbonyl (C=O) groups is 2. The predicted molar refractivity (Wildman–Crippen MR) is 71.9 cm³/mol. The Bertz CT molecular complexity index is 488. The zero-order chi connectivity index (χ0) is 14.0. The van der Waals surface area contributed by atoms with Crippen molar-refractivity contribution in [2.24, 2.45) is 0 Å². The molecule has 0 aromatic heterocycles. The predicted octanol–water partition coefficient (Wildman–Crippen LogP) is 2.64. The first-order valence-corrected chi connectivity index (χ1v) is 6.88. The summed E-state index contributed by atoms with van der Waals surface area (Å²) >= 11 is 7.45. The summed E-state index contributed by atoms with van der Waals surface area (Å²) in [6.07, 6.45) is -0.910. The van der Waals surface area contributed by atoms with Crippen molar-refractivity contribution < 1.29 is 19.8 Å². The molecule has 1 amide bonds. The van der Waals surface area contributed by atoms with E-state index in [-0.39, 0.29) is 18.2 Å². The van der Waals surface area contributed by atoms with Gasteiger partial charge in [-0.1, -0.05) is 23.7 Å². The van der Waals surface area contributed by atoms with E-state index in [0.717, 1.165) is 9.80 Å². The van der Waals surface area contributed by atoms with Gasteiger partial charge < -0.3 is 10.2 Å². The normalized spacial score (nSPS) is 22.5. The molecule has 7 heteroatoms. The zero-order valence-electron chi connectivity index (χ0n) is 9.82. The summed E-state index contributed by atoms with van der Waals surface area (Å²) in [5, 5.41) is 18.5. The van der Waals surface area contributed by atoms with Gasteiger partial charge in [0.15, 0.2) is 0 Å². The van der Waals surface area contributed by atoms with Gasteiger partial charge in [-0.15, -0.1) is 11.8 Å². The highest BCUT2D eigenvalue weighted by Gasteiger charge is 2.40. The molecule has 19 heavy (non-hydrogen) atoms. The third-order valence-corrected chi connectivity index (χ3v) is 4.65. The van der Waals surface area contributed by atoms with Crippen LogP contribution >= 0.6 is 23.4 Å². The molecule has 1 aliphatic heterocycles. The minimum Gasteiger partial charge on any atom is -0.480 e. The number of aliphatic carboxylic acids is 1. The first kappa shape index (κ1) is 14.0. The average molecular weight is 302 g/mol. The molecule has 1 aromatic rings. The number of benzene rings is 1. The van der Waals surface area contributed by atoms with Crippen molar-refractivity contribution in [1.29, 1.82) is 0 Å². The van der Waals surface area contributed by atoms with Gasteiger partial charge in [-0.3, -0.25) is 4.90 Å². The highest BCUT2D eigenvalue weighted by Crippen LogP contribution is 2.36. The molecule has 1 saturated heterocycles. The number of carboxylic acid groups (broad SMARTS) is 2. The Labute approximate surface area is 119 Å². The van der Waals surface area contributed by atoms with Crippen LogP contribution in [-0.2, 0) is 4.79 Å². The number of halogens is 1. The number of nitrogens with zero attached hydrogens (tertiary/aromatic N) is 1. The van der Waals surface area contributed by atoms with E-state index in [1.807, 2.05) is 18.2 Å². The lowest BCUT2D eigenvalue weighted by Crippen LogP contribution is -2.39. The van der Waals surface area contributed by atoms with Crippen LogP contribution < -0.4 is 0 Å². The van der Waals surface area contributed by atoms with Gasteiger partial charge in [0.1, 0.15) is 6.04 Å². The second-order valence-corrected chi connectivity index (χ2v) is 5.94. The van der Waals surface area contributed by atoms with E-state index in [1.165, 1.54) is 11.8 Å². The molecule has 1 aromatic carbocycles. The van der Waals surface area contributed by atoms with Gasteiger partial charge in [0.05, 0.1) is 5.02 Å². The SMILES string of the molecule is O=C(O)[C@@H]1C[C@H](Sc2ccccc2Cl)CN1C(=O)O. The van der Waals surface area contributed by atoms with Gasteiger partial charge in [-0.2, -0.15) is 0 Å². The van der Waals surface area contributed by atoms with Crippen LogP contribution in [0.5, 0.6) is 0 Å². The van der Waals surface area contributed by atoms with Gasteiger partial charge in [-0.25, -0.2) is 9.59 Å². The average Bonchev–Trinajstić information content (AvgIpc) is 2.76. The number of carboxylic acids is 1. The Kier molecular flexibility index (Phi) is 4.21. The molecule has 0 radical (unpaired) electrons. The highest BCUT2D eigenvalue weighted by molar-refractivity contribution is 8.00. The Morgan fingerprint density at radius 1 is 1.32 bits per heavy atom. The van der Waals surface area contributed by atoms with Gasteiger partial charge in [0.25, 0.3) is 0 Å². The summed E-state index contributed by atoms with van der Waals surface area (Å²) in [5.41, 5.74) is 0. The summed E-state index contributed by atoms with van der Waals surface area (Å²) in [6, 6.07) is 6.27. The van der Waals surface area contributed by atoms with Crippen molar-refractivity contribution in [3.05, 3.63) is 29.3 Å². The molecule has 1 heterocycles. The second kappa shape index (κ2) is 5.71. The van der Waals surface area contributed by atoms with Crippen LogP contribution in [0, 0.1) is 0 Å². The first-order chi connectivity index (χ1) is 8.99. The lowest BCUT2D eigenvalue weighted by atomic mass is 10.2. The van der Waals surface area contributed by atoms with Crippen molar-refractivity contribution in [1.82, 2.24) is 4.90 Å². The number of hydrogen-bond acceptors (Lipinski definition) is 3. The van der Waals surface area contributed by atoms with Gasteiger partial charge in [-0.05, 0) is 18.6 Å². The maximum Gasteiger partial charge on any atom is 0.408 e. The van der Waals surface area contributed by atoms with Crippen LogP contribution in [-0.4, -0.2) is 45.0 Å². The zero-order valence-corrected chi connectivity index (χ0v) is 11.4. The topological polar surface area (TPSA) is 77.8 Å². The summed E-state index contributed by atoms with van der Waals surface area (Å²) in [5.74, 6) is -1.11. The van der Waals surface area contributed by atoms with Crippen molar-refractivity contribution in [3.63, 3.8) is 0 Å². The lowest BCUT2D eigenvalue weighted by Gasteiger charge is -2.16. The second-order valence-electron chi connectivity index (χ2n) is 4.19. The monoisotopic (exact) mass is 301 g/mol. The molecule has 1 aliphatic rings. The van der Waals surface area contributed by atoms with E-state index in [0.29, 0.717) is 5.02 Å². The number of hydrogen-bond donors (Lipinski definition) is 2. The van der Waals surface area contributed by atoms with Gasteiger partial charge in [0, 0.05) is 16.7 Å². The quantitative estimate of drug-likeness (QED) is 0.897. The van der Waals surface area contributed by atoms with Crippen molar-refractivity contribution in [3.8, 4) is 0 Å². The third kappa shape index (κ3) is 3.13. The summed E-state index contributed by atoms with van der Waals surface area (Å²) in [4.78, 5) is 23.9. The molecule has 2 rings (SSSR count). The maximum atomic E-state index is 11.0. The summed E-state index contributed by atoms with van der Waals surface area (Å²) < 4.78 is 0. The summed E-state index contributed by atoms with van der Waals surface area (Å²) in [7, 11) is 0. The molecular formula is C12H12ClNO4S. The van der Waals surface area contributed by atoms with E-state index >= 15 is 0 Å². The molecule has 0 bridgehead atoms. The fourth-order valence-corrected chi connectivity index (χ4v) is 3.53. The van der Waals surface area contributed by atoms with Crippen LogP contribution in [0.1, 0.15) is 6.42 Å². The number of amides is 1. The van der Waals surface area contributed by atoms with Crippen LogP contribution in [0.15, 0.2) is 29.2 Å². The standard InChI is InChI=1S/C12H12ClNO4S/c13-8-3-1-2-4-10(8)19-7-5-9(11(15)16)14(6-7)12(17)18/h1-4,7,9H,5-6H2,(H,15,16)(H,17,18)/t7-,9-/m0/s1. The van der Waals surface area contributed by atoms with Gasteiger partial charge in [0.2, 0.25) is 0 Å². The number of rotatable bonds is 3.